The van der Waals surface area contributed by atoms with Crippen molar-refractivity contribution in [3.05, 3.63) is 28.6 Å². The Morgan fingerprint density at radius 2 is 2.19 bits per heavy atom. The van der Waals surface area contributed by atoms with Crippen molar-refractivity contribution in [2.75, 3.05) is 11.9 Å². The summed E-state index contributed by atoms with van der Waals surface area (Å²) in [5.41, 5.74) is 0.0333. The second-order valence-electron chi connectivity index (χ2n) is 5.67. The van der Waals surface area contributed by atoms with Crippen molar-refractivity contribution >= 4 is 17.4 Å². The summed E-state index contributed by atoms with van der Waals surface area (Å²) in [5, 5.41) is 13.6. The van der Waals surface area contributed by atoms with Crippen LogP contribution in [0.4, 0.5) is 16.2 Å². The number of aromatic nitrogens is 1. The highest BCUT2D eigenvalue weighted by molar-refractivity contribution is 5.91. The molecule has 1 aliphatic carbocycles. The van der Waals surface area contributed by atoms with Gasteiger partial charge in [0.1, 0.15) is 11.9 Å². The third-order valence-corrected chi connectivity index (χ3v) is 4.49. The number of nitro groups is 1. The number of amides is 2. The van der Waals surface area contributed by atoms with Crippen LogP contribution in [-0.2, 0) is 0 Å². The van der Waals surface area contributed by atoms with E-state index in [1.54, 1.807) is 0 Å². The van der Waals surface area contributed by atoms with Crippen LogP contribution in [0.3, 0.4) is 0 Å². The molecule has 2 fully saturated rings. The summed E-state index contributed by atoms with van der Waals surface area (Å²) in [6.07, 6.45) is 8.17. The van der Waals surface area contributed by atoms with Gasteiger partial charge in [-0.1, -0.05) is 6.42 Å². The topological polar surface area (TPSA) is 88.4 Å². The van der Waals surface area contributed by atoms with Gasteiger partial charge in [0.05, 0.1) is 4.92 Å². The second kappa shape index (κ2) is 5.67. The van der Waals surface area contributed by atoms with E-state index in [0.29, 0.717) is 12.0 Å². The van der Waals surface area contributed by atoms with Crippen molar-refractivity contribution in [2.45, 2.75) is 38.1 Å². The minimum Gasteiger partial charge on any atom is -0.321 e. The van der Waals surface area contributed by atoms with E-state index in [-0.39, 0.29) is 17.4 Å². The molecule has 0 radical (unpaired) electrons. The van der Waals surface area contributed by atoms with Gasteiger partial charge in [-0.3, -0.25) is 15.1 Å². The normalized spacial score (nSPS) is 24.5. The van der Waals surface area contributed by atoms with Crippen molar-refractivity contribution in [1.29, 1.82) is 0 Å². The molecule has 2 atom stereocenters. The summed E-state index contributed by atoms with van der Waals surface area (Å²) in [7, 11) is 0. The van der Waals surface area contributed by atoms with Gasteiger partial charge in [0.15, 0.2) is 0 Å². The van der Waals surface area contributed by atoms with Crippen molar-refractivity contribution in [1.82, 2.24) is 9.88 Å². The SMILES string of the molecule is O=C(Nc1ccncc1[N+](=O)[O-])N1CCC[C@H]2CCC[C@H]21. The lowest BCUT2D eigenvalue weighted by atomic mass is 9.92. The molecule has 3 rings (SSSR count). The van der Waals surface area contributed by atoms with Gasteiger partial charge >= 0.3 is 11.7 Å². The van der Waals surface area contributed by atoms with Gasteiger partial charge in [0.2, 0.25) is 0 Å². The van der Waals surface area contributed by atoms with Crippen molar-refractivity contribution < 1.29 is 9.72 Å². The lowest BCUT2D eigenvalue weighted by molar-refractivity contribution is -0.384. The number of piperidine rings is 1. The monoisotopic (exact) mass is 290 g/mol. The van der Waals surface area contributed by atoms with Crippen LogP contribution < -0.4 is 5.32 Å². The van der Waals surface area contributed by atoms with E-state index in [1.807, 2.05) is 4.90 Å². The van der Waals surface area contributed by atoms with Gasteiger partial charge in [-0.2, -0.15) is 0 Å². The van der Waals surface area contributed by atoms with Crippen LogP contribution >= 0.6 is 0 Å². The average molecular weight is 290 g/mol. The van der Waals surface area contributed by atoms with E-state index in [1.165, 1.54) is 25.1 Å². The minimum absolute atomic E-state index is 0.175. The molecule has 0 spiro atoms. The van der Waals surface area contributed by atoms with Crippen LogP contribution in [0.15, 0.2) is 18.5 Å². The molecule has 1 aliphatic heterocycles. The smallest absolute Gasteiger partial charge is 0.321 e. The molecule has 7 nitrogen and oxygen atoms in total. The fourth-order valence-corrected chi connectivity index (χ4v) is 3.53. The maximum Gasteiger partial charge on any atom is 0.322 e. The molecule has 0 unspecified atom stereocenters. The number of fused-ring (bicyclic) bond motifs is 1. The van der Waals surface area contributed by atoms with E-state index < -0.39 is 4.92 Å². The standard InChI is InChI=1S/C14H18N4O3/c19-14(16-11-6-7-15-9-13(11)18(20)21)17-8-2-4-10-3-1-5-12(10)17/h6-7,9-10,12H,1-5,8H2,(H,15,16,19)/t10-,12-/m1/s1. The number of hydrogen-bond donors (Lipinski definition) is 1. The summed E-state index contributed by atoms with van der Waals surface area (Å²) in [4.78, 5) is 28.5. The first-order chi connectivity index (χ1) is 10.2. The van der Waals surface area contributed by atoms with Gasteiger partial charge in [0.25, 0.3) is 0 Å². The van der Waals surface area contributed by atoms with Gasteiger partial charge < -0.3 is 10.2 Å². The molecule has 7 heteroatoms. The number of rotatable bonds is 2. The summed E-state index contributed by atoms with van der Waals surface area (Å²) < 4.78 is 0. The fraction of sp³-hybridized carbons (Fsp3) is 0.571. The third kappa shape index (κ3) is 2.68. The average Bonchev–Trinajstić information content (AvgIpc) is 2.95. The summed E-state index contributed by atoms with van der Waals surface area (Å²) in [5.74, 6) is 0.594. The Morgan fingerprint density at radius 1 is 1.38 bits per heavy atom. The zero-order chi connectivity index (χ0) is 14.8. The van der Waals surface area contributed by atoms with Crippen LogP contribution in [0.2, 0.25) is 0 Å². The molecular formula is C14H18N4O3. The molecule has 21 heavy (non-hydrogen) atoms. The first-order valence-electron chi connectivity index (χ1n) is 7.33. The molecule has 1 N–H and O–H groups in total. The van der Waals surface area contributed by atoms with Gasteiger partial charge in [-0.25, -0.2) is 4.79 Å². The lowest BCUT2D eigenvalue weighted by Gasteiger charge is -2.37. The molecule has 2 aliphatic rings. The molecular weight excluding hydrogens is 272 g/mol. The van der Waals surface area contributed by atoms with Crippen LogP contribution in [0.25, 0.3) is 0 Å². The number of nitrogens with one attached hydrogen (secondary N) is 1. The maximum atomic E-state index is 12.5. The summed E-state index contributed by atoms with van der Waals surface area (Å²) in [6, 6.07) is 1.52. The van der Waals surface area contributed by atoms with Gasteiger partial charge in [-0.15, -0.1) is 0 Å². The molecule has 2 heterocycles. The Hall–Kier alpha value is -2.18. The highest BCUT2D eigenvalue weighted by atomic mass is 16.6. The zero-order valence-electron chi connectivity index (χ0n) is 11.7. The molecule has 1 saturated carbocycles. The van der Waals surface area contributed by atoms with Crippen LogP contribution in [0.5, 0.6) is 0 Å². The first-order valence-corrected chi connectivity index (χ1v) is 7.33. The van der Waals surface area contributed by atoms with Crippen LogP contribution in [0.1, 0.15) is 32.1 Å². The largest absolute Gasteiger partial charge is 0.322 e. The van der Waals surface area contributed by atoms with Gasteiger partial charge in [-0.05, 0) is 37.7 Å². The number of carbonyl (C=O) groups is 1. The van der Waals surface area contributed by atoms with E-state index in [2.05, 4.69) is 10.3 Å². The Labute approximate surface area is 122 Å². The van der Waals surface area contributed by atoms with E-state index in [9.17, 15) is 14.9 Å². The Morgan fingerprint density at radius 3 is 3.00 bits per heavy atom. The third-order valence-electron chi connectivity index (χ3n) is 4.49. The van der Waals surface area contributed by atoms with Crippen molar-refractivity contribution in [3.63, 3.8) is 0 Å². The van der Waals surface area contributed by atoms with Crippen LogP contribution in [0, 0.1) is 16.0 Å². The predicted octanol–water partition coefficient (Wildman–Crippen LogP) is 2.79. The second-order valence-corrected chi connectivity index (χ2v) is 5.67. The molecule has 2 amide bonds. The summed E-state index contributed by atoms with van der Waals surface area (Å²) in [6.45, 7) is 0.728. The maximum absolute atomic E-state index is 12.5. The fourth-order valence-electron chi connectivity index (χ4n) is 3.53. The molecule has 1 aromatic rings. The minimum atomic E-state index is -0.531. The quantitative estimate of drug-likeness (QED) is 0.670. The Kier molecular flexibility index (Phi) is 3.72. The number of likely N-dealkylation sites (tertiary alicyclic amines) is 1. The Bertz CT molecular complexity index is 563. The summed E-state index contributed by atoms with van der Waals surface area (Å²) >= 11 is 0. The highest BCUT2D eigenvalue weighted by Crippen LogP contribution is 2.37. The van der Waals surface area contributed by atoms with Crippen LogP contribution in [-0.4, -0.2) is 33.4 Å². The van der Waals surface area contributed by atoms with E-state index in [0.717, 1.165) is 32.0 Å². The number of carbonyl (C=O) groups excluding carboxylic acids is 1. The first kappa shape index (κ1) is 13.8. The highest BCUT2D eigenvalue weighted by Gasteiger charge is 2.37. The van der Waals surface area contributed by atoms with Gasteiger partial charge in [0, 0.05) is 18.8 Å². The van der Waals surface area contributed by atoms with E-state index >= 15 is 0 Å². The van der Waals surface area contributed by atoms with E-state index in [4.69, 9.17) is 0 Å². The predicted molar refractivity (Wildman–Crippen MR) is 77.0 cm³/mol. The van der Waals surface area contributed by atoms with Crippen molar-refractivity contribution in [3.8, 4) is 0 Å². The molecule has 0 aromatic carbocycles. The number of urea groups is 1. The number of pyridine rings is 1. The molecule has 0 bridgehead atoms. The molecule has 112 valence electrons. The lowest BCUT2D eigenvalue weighted by Crippen LogP contribution is -2.48. The number of nitrogens with zero attached hydrogens (tertiary/aromatic N) is 3. The van der Waals surface area contributed by atoms with Crippen molar-refractivity contribution in [2.24, 2.45) is 5.92 Å². The molecule has 1 aromatic heterocycles. The Balaban J connectivity index is 1.76. The number of hydrogen-bond acceptors (Lipinski definition) is 4. The molecule has 1 saturated heterocycles. The zero-order valence-corrected chi connectivity index (χ0v) is 11.7. The number of anilines is 1.